The molecule has 7 nitrogen and oxygen atoms in total. The lowest BCUT2D eigenvalue weighted by Gasteiger charge is -2.15. The zero-order valence-corrected chi connectivity index (χ0v) is 13.0. The van der Waals surface area contributed by atoms with Gasteiger partial charge in [0.05, 0.1) is 19.6 Å². The summed E-state index contributed by atoms with van der Waals surface area (Å²) in [4.78, 5) is 12.2. The number of aliphatic carboxylic acids is 1. The lowest BCUT2D eigenvalue weighted by atomic mass is 9.97. The Morgan fingerprint density at radius 3 is 2.90 bits per heavy atom. The number of nitrogens with zero attached hydrogens (tertiary/aromatic N) is 4. The summed E-state index contributed by atoms with van der Waals surface area (Å²) in [5.41, 5.74) is 0. The van der Waals surface area contributed by atoms with Gasteiger partial charge in [-0.25, -0.2) is 4.68 Å². The lowest BCUT2D eigenvalue weighted by molar-refractivity contribution is -0.142. The van der Waals surface area contributed by atoms with Gasteiger partial charge in [0.15, 0.2) is 5.82 Å². The standard InChI is InChI=1S/C13H18N4O3S/c1-8(2)6-9(13(18)19)7-17-12(14-15-16-17)11-10(20-3)4-5-21-11/h4-5,8-9H,6-7H2,1-3H3,(H,18,19). The van der Waals surface area contributed by atoms with Crippen LogP contribution in [-0.4, -0.2) is 38.4 Å². The van der Waals surface area contributed by atoms with Crippen molar-refractivity contribution in [1.29, 1.82) is 0 Å². The Kier molecular flexibility index (Phi) is 4.89. The van der Waals surface area contributed by atoms with Gasteiger partial charge in [0.25, 0.3) is 0 Å². The molecular formula is C13H18N4O3S. The van der Waals surface area contributed by atoms with Crippen LogP contribution in [0.5, 0.6) is 5.75 Å². The summed E-state index contributed by atoms with van der Waals surface area (Å²) in [6, 6.07) is 1.84. The van der Waals surface area contributed by atoms with E-state index in [9.17, 15) is 9.90 Å². The Labute approximate surface area is 126 Å². The minimum absolute atomic E-state index is 0.247. The number of hydrogen-bond acceptors (Lipinski definition) is 6. The van der Waals surface area contributed by atoms with Crippen LogP contribution in [0.25, 0.3) is 10.7 Å². The van der Waals surface area contributed by atoms with E-state index in [1.165, 1.54) is 16.0 Å². The normalized spacial score (nSPS) is 12.6. The summed E-state index contributed by atoms with van der Waals surface area (Å²) in [6.45, 7) is 4.24. The molecule has 0 aliphatic carbocycles. The van der Waals surface area contributed by atoms with Crippen LogP contribution in [0.4, 0.5) is 0 Å². The first-order chi connectivity index (χ1) is 10.0. The number of aromatic nitrogens is 4. The van der Waals surface area contributed by atoms with E-state index in [4.69, 9.17) is 4.74 Å². The fraction of sp³-hybridized carbons (Fsp3) is 0.538. The summed E-state index contributed by atoms with van der Waals surface area (Å²) >= 11 is 1.46. The Balaban J connectivity index is 2.26. The number of tetrazole rings is 1. The molecule has 0 aliphatic rings. The van der Waals surface area contributed by atoms with Crippen molar-refractivity contribution in [3.63, 3.8) is 0 Å². The molecule has 2 rings (SSSR count). The van der Waals surface area contributed by atoms with E-state index in [1.54, 1.807) is 7.11 Å². The largest absolute Gasteiger partial charge is 0.495 e. The predicted octanol–water partition coefficient (Wildman–Crippen LogP) is 2.16. The highest BCUT2D eigenvalue weighted by atomic mass is 32.1. The molecule has 0 saturated carbocycles. The maximum absolute atomic E-state index is 11.4. The van der Waals surface area contributed by atoms with Crippen molar-refractivity contribution in [2.45, 2.75) is 26.8 Å². The van der Waals surface area contributed by atoms with Gasteiger partial charge in [-0.1, -0.05) is 13.8 Å². The van der Waals surface area contributed by atoms with Crippen molar-refractivity contribution in [3.8, 4) is 16.5 Å². The first-order valence-electron chi connectivity index (χ1n) is 6.63. The van der Waals surface area contributed by atoms with Crippen LogP contribution in [0, 0.1) is 11.8 Å². The van der Waals surface area contributed by atoms with Gasteiger partial charge in [-0.2, -0.15) is 0 Å². The molecule has 2 aromatic rings. The number of methoxy groups -OCH3 is 1. The third-order valence-corrected chi connectivity index (χ3v) is 3.97. The molecule has 0 amide bonds. The first kappa shape index (κ1) is 15.4. The zero-order chi connectivity index (χ0) is 15.4. The second-order valence-electron chi connectivity index (χ2n) is 5.17. The van der Waals surface area contributed by atoms with Crippen molar-refractivity contribution in [2.75, 3.05) is 7.11 Å². The molecule has 0 radical (unpaired) electrons. The molecule has 8 heteroatoms. The van der Waals surface area contributed by atoms with E-state index in [0.717, 1.165) is 4.88 Å². The van der Waals surface area contributed by atoms with Gasteiger partial charge in [0, 0.05) is 0 Å². The van der Waals surface area contributed by atoms with Crippen molar-refractivity contribution >= 4 is 17.3 Å². The monoisotopic (exact) mass is 310 g/mol. The van der Waals surface area contributed by atoms with E-state index >= 15 is 0 Å². The number of rotatable bonds is 7. The Bertz CT molecular complexity index is 608. The molecule has 21 heavy (non-hydrogen) atoms. The van der Waals surface area contributed by atoms with Crippen molar-refractivity contribution < 1.29 is 14.6 Å². The summed E-state index contributed by atoms with van der Waals surface area (Å²) < 4.78 is 6.80. The molecule has 2 aromatic heterocycles. The van der Waals surface area contributed by atoms with Crippen molar-refractivity contribution in [1.82, 2.24) is 20.2 Å². The van der Waals surface area contributed by atoms with Crippen LogP contribution >= 0.6 is 11.3 Å². The lowest BCUT2D eigenvalue weighted by Crippen LogP contribution is -2.23. The summed E-state index contributed by atoms with van der Waals surface area (Å²) in [6.07, 6.45) is 0.580. The van der Waals surface area contributed by atoms with Gasteiger partial charge in [-0.15, -0.1) is 16.4 Å². The first-order valence-corrected chi connectivity index (χ1v) is 7.51. The van der Waals surface area contributed by atoms with Gasteiger partial charge >= 0.3 is 5.97 Å². The minimum Gasteiger partial charge on any atom is -0.495 e. The van der Waals surface area contributed by atoms with Crippen LogP contribution in [0.1, 0.15) is 20.3 Å². The van der Waals surface area contributed by atoms with E-state index in [0.29, 0.717) is 23.9 Å². The van der Waals surface area contributed by atoms with Crippen LogP contribution in [-0.2, 0) is 11.3 Å². The predicted molar refractivity (Wildman–Crippen MR) is 78.3 cm³/mol. The average molecular weight is 310 g/mol. The Hall–Kier alpha value is -1.96. The molecule has 1 unspecified atom stereocenters. The van der Waals surface area contributed by atoms with Gasteiger partial charge in [0.1, 0.15) is 10.6 Å². The third-order valence-electron chi connectivity index (χ3n) is 3.08. The number of hydrogen-bond donors (Lipinski definition) is 1. The summed E-state index contributed by atoms with van der Waals surface area (Å²) in [5, 5.41) is 22.8. The molecule has 114 valence electrons. The smallest absolute Gasteiger partial charge is 0.308 e. The third kappa shape index (κ3) is 3.57. The summed E-state index contributed by atoms with van der Waals surface area (Å²) in [7, 11) is 1.58. The second-order valence-corrected chi connectivity index (χ2v) is 6.08. The van der Waals surface area contributed by atoms with Crippen molar-refractivity contribution in [2.24, 2.45) is 11.8 Å². The van der Waals surface area contributed by atoms with E-state index in [2.05, 4.69) is 15.5 Å². The van der Waals surface area contributed by atoms with Gasteiger partial charge < -0.3 is 9.84 Å². The van der Waals surface area contributed by atoms with Gasteiger partial charge in [-0.05, 0) is 34.2 Å². The van der Waals surface area contributed by atoms with Crippen LogP contribution in [0.3, 0.4) is 0 Å². The maximum atomic E-state index is 11.4. The highest BCUT2D eigenvalue weighted by Gasteiger charge is 2.23. The molecular weight excluding hydrogens is 292 g/mol. The minimum atomic E-state index is -0.830. The topological polar surface area (TPSA) is 90.1 Å². The Morgan fingerprint density at radius 2 is 2.29 bits per heavy atom. The fourth-order valence-electron chi connectivity index (χ4n) is 2.14. The molecule has 0 aliphatic heterocycles. The highest BCUT2D eigenvalue weighted by Crippen LogP contribution is 2.33. The number of thiophene rings is 1. The van der Waals surface area contributed by atoms with Crippen LogP contribution < -0.4 is 4.74 Å². The fourth-order valence-corrected chi connectivity index (χ4v) is 2.99. The van der Waals surface area contributed by atoms with E-state index < -0.39 is 11.9 Å². The average Bonchev–Trinajstić information content (AvgIpc) is 3.04. The molecule has 2 heterocycles. The van der Waals surface area contributed by atoms with Crippen molar-refractivity contribution in [3.05, 3.63) is 11.4 Å². The van der Waals surface area contributed by atoms with Crippen LogP contribution in [0.2, 0.25) is 0 Å². The Morgan fingerprint density at radius 1 is 1.52 bits per heavy atom. The zero-order valence-electron chi connectivity index (χ0n) is 12.2. The second kappa shape index (κ2) is 6.66. The van der Waals surface area contributed by atoms with Crippen LogP contribution in [0.15, 0.2) is 11.4 Å². The van der Waals surface area contributed by atoms with Gasteiger partial charge in [-0.3, -0.25) is 4.79 Å². The number of carboxylic acids is 1. The molecule has 1 N–H and O–H groups in total. The molecule has 0 aromatic carbocycles. The van der Waals surface area contributed by atoms with E-state index in [1.807, 2.05) is 25.3 Å². The highest BCUT2D eigenvalue weighted by molar-refractivity contribution is 7.13. The molecule has 1 atom stereocenters. The number of carbonyl (C=O) groups is 1. The van der Waals surface area contributed by atoms with Gasteiger partial charge in [0.2, 0.25) is 0 Å². The quantitative estimate of drug-likeness (QED) is 0.842. The van der Waals surface area contributed by atoms with E-state index in [-0.39, 0.29) is 6.54 Å². The maximum Gasteiger partial charge on any atom is 0.308 e. The molecule has 0 spiro atoms. The SMILES string of the molecule is COc1ccsc1-c1nnnn1CC(CC(C)C)C(=O)O. The molecule has 0 fully saturated rings. The number of carboxylic acid groups (broad SMARTS) is 1. The molecule has 0 saturated heterocycles. The number of ether oxygens (including phenoxy) is 1. The summed E-state index contributed by atoms with van der Waals surface area (Å²) in [5.74, 6) is 0.174. The molecule has 0 bridgehead atoms.